The molecule has 0 bridgehead atoms. The molecule has 0 aliphatic carbocycles. The molecule has 3 atom stereocenters. The van der Waals surface area contributed by atoms with Crippen LogP contribution in [0.2, 0.25) is 0 Å². The van der Waals surface area contributed by atoms with E-state index in [1.807, 2.05) is 0 Å². The summed E-state index contributed by atoms with van der Waals surface area (Å²) >= 11 is 0. The zero-order valence-corrected chi connectivity index (χ0v) is 39.9. The molecular formula is C43H60N10O14S2. The number of carbonyl (C=O) groups is 8. The number of methoxy groups -OCH3 is 1. The standard InChI is InChI=1S/C43H60N10O14S2/c1-66-40(58)29-50(27-38(56)48-31-11-15-33(16-12-31)69(45,64)65)22-21-49(26-37(55)47-30-9-13-32(14-10-30)68(44,62)63)28-39(57)51-18-3-7-35(51)42(60)53-20-4-8-36(53)43(61)52-19-2-6-34(52)41(59)46-17-25-67-24-5-23-54/h9-16,23,34-36H,2-8,17-22,24-29H2,1H3,(H,46,59)(H,47,55)(H,48,56)(H2,44,62,63)(H2,45,64,65)/t34-,35-,36-/m0/s1. The van der Waals surface area contributed by atoms with Gasteiger partial charge in [-0.25, -0.2) is 27.1 Å². The second-order valence-electron chi connectivity index (χ2n) is 16.7. The normalized spacial score (nSPS) is 18.3. The number of benzene rings is 2. The van der Waals surface area contributed by atoms with Crippen LogP contribution in [0.15, 0.2) is 58.3 Å². The summed E-state index contributed by atoms with van der Waals surface area (Å²) in [5.41, 5.74) is 0.456. The average molecular weight is 1010 g/mol. The van der Waals surface area contributed by atoms with Gasteiger partial charge in [-0.05, 0) is 87.1 Å². The van der Waals surface area contributed by atoms with Crippen LogP contribution in [0.3, 0.4) is 0 Å². The molecule has 3 aliphatic heterocycles. The first-order chi connectivity index (χ1) is 32.8. The van der Waals surface area contributed by atoms with E-state index < -0.39 is 80.9 Å². The fourth-order valence-electron chi connectivity index (χ4n) is 8.40. The molecule has 2 aromatic rings. The molecule has 7 N–H and O–H groups in total. The first-order valence-corrected chi connectivity index (χ1v) is 25.4. The van der Waals surface area contributed by atoms with Crippen molar-refractivity contribution in [2.75, 3.05) is 96.4 Å². The van der Waals surface area contributed by atoms with Crippen LogP contribution < -0.4 is 26.2 Å². The lowest BCUT2D eigenvalue weighted by Crippen LogP contribution is -2.56. The van der Waals surface area contributed by atoms with Crippen LogP contribution in [0.25, 0.3) is 0 Å². The number of anilines is 2. The van der Waals surface area contributed by atoms with Crippen LogP contribution >= 0.6 is 0 Å². The van der Waals surface area contributed by atoms with Gasteiger partial charge in [0.05, 0.1) is 56.3 Å². The van der Waals surface area contributed by atoms with Gasteiger partial charge >= 0.3 is 5.97 Å². The molecule has 0 unspecified atom stereocenters. The number of likely N-dealkylation sites (tertiary alicyclic amines) is 3. The maximum absolute atomic E-state index is 14.4. The van der Waals surface area contributed by atoms with Crippen LogP contribution in [-0.4, -0.2) is 193 Å². The van der Waals surface area contributed by atoms with Gasteiger partial charge in [0.25, 0.3) is 0 Å². The second kappa shape index (κ2) is 25.1. The molecule has 3 saturated heterocycles. The van der Waals surface area contributed by atoms with Crippen molar-refractivity contribution in [3.8, 4) is 0 Å². The van der Waals surface area contributed by atoms with Gasteiger partial charge in [0.15, 0.2) is 0 Å². The summed E-state index contributed by atoms with van der Waals surface area (Å²) < 4.78 is 57.1. The molecule has 0 saturated carbocycles. The number of primary sulfonamides is 2. The summed E-state index contributed by atoms with van der Waals surface area (Å²) in [5.74, 6) is -3.52. The van der Waals surface area contributed by atoms with Crippen LogP contribution in [0, 0.1) is 0 Å². The molecule has 3 heterocycles. The Balaban J connectivity index is 1.28. The van der Waals surface area contributed by atoms with Crippen LogP contribution in [-0.2, 0) is 67.9 Å². The molecule has 24 nitrogen and oxygen atoms in total. The van der Waals surface area contributed by atoms with Gasteiger partial charge in [0.1, 0.15) is 24.4 Å². The van der Waals surface area contributed by atoms with E-state index in [9.17, 15) is 55.2 Å². The maximum Gasteiger partial charge on any atom is 0.319 e. The third kappa shape index (κ3) is 15.8. The van der Waals surface area contributed by atoms with Crippen molar-refractivity contribution in [3.05, 3.63) is 48.5 Å². The van der Waals surface area contributed by atoms with Gasteiger partial charge in [-0.15, -0.1) is 0 Å². The molecule has 3 fully saturated rings. The highest BCUT2D eigenvalue weighted by Crippen LogP contribution is 2.29. The zero-order chi connectivity index (χ0) is 50.3. The number of aldehydes is 1. The Morgan fingerprint density at radius 1 is 0.652 bits per heavy atom. The average Bonchev–Trinajstić information content (AvgIpc) is 4.11. The summed E-state index contributed by atoms with van der Waals surface area (Å²) in [7, 11) is -6.84. The molecular weight excluding hydrogens is 945 g/mol. The summed E-state index contributed by atoms with van der Waals surface area (Å²) in [5, 5.41) is 18.4. The van der Waals surface area contributed by atoms with E-state index in [-0.39, 0.29) is 98.4 Å². The predicted octanol–water partition coefficient (Wildman–Crippen LogP) is -1.97. The lowest BCUT2D eigenvalue weighted by molar-refractivity contribution is -0.150. The summed E-state index contributed by atoms with van der Waals surface area (Å²) in [6.45, 7) is -0.273. The van der Waals surface area contributed by atoms with Gasteiger partial charge in [0, 0.05) is 57.1 Å². The quantitative estimate of drug-likeness (QED) is 0.0433. The van der Waals surface area contributed by atoms with Crippen LogP contribution in [0.1, 0.15) is 44.9 Å². The highest BCUT2D eigenvalue weighted by molar-refractivity contribution is 7.89. The van der Waals surface area contributed by atoms with E-state index in [4.69, 9.17) is 19.8 Å². The number of sulfonamides is 2. The smallest absolute Gasteiger partial charge is 0.319 e. The monoisotopic (exact) mass is 1000 g/mol. The molecule has 0 spiro atoms. The molecule has 5 rings (SSSR count). The van der Waals surface area contributed by atoms with Crippen molar-refractivity contribution in [1.29, 1.82) is 0 Å². The Labute approximate surface area is 400 Å². The third-order valence-electron chi connectivity index (χ3n) is 11.8. The number of nitrogens with two attached hydrogens (primary N) is 2. The minimum Gasteiger partial charge on any atom is -0.468 e. The number of amides is 6. The highest BCUT2D eigenvalue weighted by atomic mass is 32.2. The molecule has 0 radical (unpaired) electrons. The number of hydrogen-bond acceptors (Lipinski definition) is 16. The molecule has 69 heavy (non-hydrogen) atoms. The van der Waals surface area contributed by atoms with Crippen molar-refractivity contribution < 1.29 is 64.7 Å². The number of hydrogen-bond donors (Lipinski definition) is 5. The Morgan fingerprint density at radius 3 is 1.58 bits per heavy atom. The van der Waals surface area contributed by atoms with Gasteiger partial charge in [-0.1, -0.05) is 0 Å². The van der Waals surface area contributed by atoms with E-state index in [2.05, 4.69) is 16.0 Å². The summed E-state index contributed by atoms with van der Waals surface area (Å²) in [4.78, 5) is 112. The van der Waals surface area contributed by atoms with Crippen LogP contribution in [0.4, 0.5) is 11.4 Å². The van der Waals surface area contributed by atoms with E-state index in [1.54, 1.807) is 0 Å². The Bertz CT molecular complexity index is 2410. The van der Waals surface area contributed by atoms with Gasteiger partial charge < -0.3 is 44.9 Å². The van der Waals surface area contributed by atoms with E-state index in [0.717, 1.165) is 13.4 Å². The predicted molar refractivity (Wildman–Crippen MR) is 247 cm³/mol. The van der Waals surface area contributed by atoms with Crippen molar-refractivity contribution in [2.45, 2.75) is 72.9 Å². The van der Waals surface area contributed by atoms with E-state index in [0.29, 0.717) is 45.1 Å². The lowest BCUT2D eigenvalue weighted by Gasteiger charge is -2.34. The van der Waals surface area contributed by atoms with Gasteiger partial charge in [0.2, 0.25) is 55.5 Å². The lowest BCUT2D eigenvalue weighted by atomic mass is 10.1. The number of rotatable bonds is 24. The Kier molecular flexibility index (Phi) is 19.7. The molecule has 378 valence electrons. The highest BCUT2D eigenvalue weighted by Gasteiger charge is 2.45. The Hall–Kier alpha value is -5.90. The molecule has 26 heteroatoms. The molecule has 0 aromatic heterocycles. The minimum atomic E-state index is -4.01. The third-order valence-corrected chi connectivity index (χ3v) is 13.6. The Morgan fingerprint density at radius 2 is 1.10 bits per heavy atom. The van der Waals surface area contributed by atoms with Crippen LogP contribution in [0.5, 0.6) is 0 Å². The molecule has 3 aliphatic rings. The topological polar surface area (TPSA) is 328 Å². The van der Waals surface area contributed by atoms with Crippen molar-refractivity contribution >= 4 is 79.1 Å². The number of ether oxygens (including phenoxy) is 2. The van der Waals surface area contributed by atoms with E-state index >= 15 is 0 Å². The van der Waals surface area contributed by atoms with Gasteiger partial charge in [-0.3, -0.25) is 43.4 Å². The van der Waals surface area contributed by atoms with Crippen molar-refractivity contribution in [1.82, 2.24) is 29.8 Å². The first-order valence-electron chi connectivity index (χ1n) is 22.4. The van der Waals surface area contributed by atoms with Crippen molar-refractivity contribution in [2.24, 2.45) is 10.3 Å². The fraction of sp³-hybridized carbons (Fsp3) is 0.535. The van der Waals surface area contributed by atoms with E-state index in [1.165, 1.54) is 73.0 Å². The zero-order valence-electron chi connectivity index (χ0n) is 38.3. The van der Waals surface area contributed by atoms with Gasteiger partial charge in [-0.2, -0.15) is 0 Å². The number of nitrogens with zero attached hydrogens (tertiary/aromatic N) is 5. The first kappa shape index (κ1) is 54.0. The number of esters is 1. The molecule has 2 aromatic carbocycles. The number of nitrogens with one attached hydrogen (secondary N) is 3. The number of carbonyl (C=O) groups excluding carboxylic acids is 8. The maximum atomic E-state index is 14.4. The fourth-order valence-corrected chi connectivity index (χ4v) is 9.43. The largest absolute Gasteiger partial charge is 0.468 e. The van der Waals surface area contributed by atoms with Crippen molar-refractivity contribution in [3.63, 3.8) is 0 Å². The summed E-state index contributed by atoms with van der Waals surface area (Å²) in [6.07, 6.45) is 3.71. The SMILES string of the molecule is COC(=O)CN(CCN(CC(=O)Nc1ccc(S(N)(=O)=O)cc1)CC(=O)N1CCC[C@H]1C(=O)N1CCC[C@H]1C(=O)N1CCC[C@H]1C(=O)NCCOCCC=O)CC(=O)Nc1ccc(S(N)(=O)=O)cc1. The summed E-state index contributed by atoms with van der Waals surface area (Å²) in [6, 6.07) is 7.67. The minimum absolute atomic E-state index is 0.0683. The second-order valence-corrected chi connectivity index (χ2v) is 19.8. The molecule has 6 amide bonds.